The van der Waals surface area contributed by atoms with E-state index in [1.165, 1.54) is 17.8 Å². The van der Waals surface area contributed by atoms with Gasteiger partial charge in [0.1, 0.15) is 15.4 Å². The molecule has 1 aromatic carbocycles. The molecule has 0 unspecified atom stereocenters. The van der Waals surface area contributed by atoms with Crippen LogP contribution in [0.1, 0.15) is 34.6 Å². The summed E-state index contributed by atoms with van der Waals surface area (Å²) in [5.41, 5.74) is 3.20. The molecule has 1 saturated heterocycles. The number of hydrogen-bond donors (Lipinski definition) is 1. The standard InChI is InChI=1S/C21H20ClN3O2S/c1-13-11-16(14-5-7-15(22)8-6-14)17-18(19(21(26)27)28-20(17)24-13)23-12-25-9-3-2-4-10-25/h5-8,11-12H,2-4,9-10H2,1H3,(H,26,27). The third-order valence-electron chi connectivity index (χ3n) is 4.86. The number of carboxylic acid groups (broad SMARTS) is 1. The Morgan fingerprint density at radius 2 is 1.96 bits per heavy atom. The highest BCUT2D eigenvalue weighted by molar-refractivity contribution is 7.21. The number of aryl methyl sites for hydroxylation is 1. The van der Waals surface area contributed by atoms with Crippen LogP contribution in [0.3, 0.4) is 0 Å². The fourth-order valence-corrected chi connectivity index (χ4v) is 4.66. The molecule has 3 aromatic rings. The van der Waals surface area contributed by atoms with Gasteiger partial charge in [-0.1, -0.05) is 23.7 Å². The van der Waals surface area contributed by atoms with Crippen LogP contribution in [0, 0.1) is 6.92 Å². The molecule has 4 rings (SSSR count). The van der Waals surface area contributed by atoms with Crippen LogP contribution in [0.4, 0.5) is 5.69 Å². The van der Waals surface area contributed by atoms with E-state index in [9.17, 15) is 9.90 Å². The second-order valence-electron chi connectivity index (χ2n) is 6.92. The molecule has 0 spiro atoms. The van der Waals surface area contributed by atoms with E-state index in [1.54, 1.807) is 6.34 Å². The largest absolute Gasteiger partial charge is 0.477 e. The van der Waals surface area contributed by atoms with Gasteiger partial charge in [0.05, 0.1) is 6.34 Å². The van der Waals surface area contributed by atoms with Crippen LogP contribution >= 0.6 is 22.9 Å². The van der Waals surface area contributed by atoms with E-state index >= 15 is 0 Å². The van der Waals surface area contributed by atoms with Gasteiger partial charge in [-0.15, -0.1) is 11.3 Å². The first-order valence-corrected chi connectivity index (χ1v) is 10.4. The van der Waals surface area contributed by atoms with E-state index in [2.05, 4.69) is 14.9 Å². The number of nitrogens with zero attached hydrogens (tertiary/aromatic N) is 3. The highest BCUT2D eigenvalue weighted by atomic mass is 35.5. The van der Waals surface area contributed by atoms with Gasteiger partial charge in [-0.3, -0.25) is 0 Å². The number of benzene rings is 1. The number of pyridine rings is 1. The van der Waals surface area contributed by atoms with Crippen molar-refractivity contribution in [1.29, 1.82) is 0 Å². The van der Waals surface area contributed by atoms with E-state index in [-0.39, 0.29) is 4.88 Å². The molecule has 1 aliphatic heterocycles. The second-order valence-corrected chi connectivity index (χ2v) is 8.36. The summed E-state index contributed by atoms with van der Waals surface area (Å²) >= 11 is 7.22. The molecular weight excluding hydrogens is 394 g/mol. The van der Waals surface area contributed by atoms with Gasteiger partial charge in [0, 0.05) is 29.2 Å². The Hall–Kier alpha value is -2.44. The van der Waals surface area contributed by atoms with Crippen molar-refractivity contribution >= 4 is 51.1 Å². The molecule has 0 saturated carbocycles. The summed E-state index contributed by atoms with van der Waals surface area (Å²) in [5.74, 6) is -0.978. The minimum absolute atomic E-state index is 0.219. The summed E-state index contributed by atoms with van der Waals surface area (Å²) in [5, 5.41) is 11.2. The van der Waals surface area contributed by atoms with Crippen molar-refractivity contribution in [3.8, 4) is 11.1 Å². The summed E-state index contributed by atoms with van der Waals surface area (Å²) in [6.45, 7) is 3.82. The molecule has 0 radical (unpaired) electrons. The number of halogens is 1. The van der Waals surface area contributed by atoms with Crippen molar-refractivity contribution in [2.24, 2.45) is 4.99 Å². The predicted molar refractivity (Wildman–Crippen MR) is 115 cm³/mol. The van der Waals surface area contributed by atoms with Gasteiger partial charge in [0.25, 0.3) is 0 Å². The Morgan fingerprint density at radius 3 is 2.64 bits per heavy atom. The lowest BCUT2D eigenvalue weighted by atomic mass is 10.0. The van der Waals surface area contributed by atoms with Gasteiger partial charge in [-0.2, -0.15) is 0 Å². The summed E-state index contributed by atoms with van der Waals surface area (Å²) in [6.07, 6.45) is 5.30. The van der Waals surface area contributed by atoms with Crippen molar-refractivity contribution in [3.63, 3.8) is 0 Å². The lowest BCUT2D eigenvalue weighted by Crippen LogP contribution is -2.28. The van der Waals surface area contributed by atoms with Gasteiger partial charge >= 0.3 is 5.97 Å². The molecule has 7 heteroatoms. The molecule has 1 N–H and O–H groups in total. The highest BCUT2D eigenvalue weighted by Crippen LogP contribution is 2.43. The molecular formula is C21H20ClN3O2S. The van der Waals surface area contributed by atoms with Gasteiger partial charge in [0.15, 0.2) is 0 Å². The first-order valence-electron chi connectivity index (χ1n) is 9.24. The van der Waals surface area contributed by atoms with Crippen LogP contribution in [0.25, 0.3) is 21.3 Å². The summed E-state index contributed by atoms with van der Waals surface area (Å²) in [6, 6.07) is 9.52. The van der Waals surface area contributed by atoms with Crippen LogP contribution in [0.15, 0.2) is 35.3 Å². The Kier molecular flexibility index (Phi) is 5.33. The lowest BCUT2D eigenvalue weighted by molar-refractivity contribution is 0.0703. The van der Waals surface area contributed by atoms with Gasteiger partial charge in [-0.05, 0) is 55.5 Å². The molecule has 5 nitrogen and oxygen atoms in total. The number of carbonyl (C=O) groups is 1. The van der Waals surface area contributed by atoms with E-state index < -0.39 is 5.97 Å². The number of piperidine rings is 1. The van der Waals surface area contributed by atoms with Gasteiger partial charge < -0.3 is 10.0 Å². The van der Waals surface area contributed by atoms with Crippen LogP contribution in [0.2, 0.25) is 5.02 Å². The molecule has 144 valence electrons. The van der Waals surface area contributed by atoms with E-state index in [1.807, 2.05) is 37.3 Å². The van der Waals surface area contributed by atoms with Crippen molar-refractivity contribution < 1.29 is 9.90 Å². The minimum Gasteiger partial charge on any atom is -0.477 e. The maximum absolute atomic E-state index is 11.9. The Morgan fingerprint density at radius 1 is 1.25 bits per heavy atom. The average molecular weight is 414 g/mol. The molecule has 1 fully saturated rings. The normalized spacial score (nSPS) is 14.9. The molecule has 28 heavy (non-hydrogen) atoms. The molecule has 0 atom stereocenters. The average Bonchev–Trinajstić information content (AvgIpc) is 3.06. The highest BCUT2D eigenvalue weighted by Gasteiger charge is 2.22. The first-order chi connectivity index (χ1) is 13.5. The van der Waals surface area contributed by atoms with Crippen LogP contribution in [-0.2, 0) is 0 Å². The number of hydrogen-bond acceptors (Lipinski definition) is 4. The quantitative estimate of drug-likeness (QED) is 0.435. The molecule has 1 aliphatic rings. The molecule has 0 amide bonds. The van der Waals surface area contributed by atoms with Crippen molar-refractivity contribution in [3.05, 3.63) is 45.9 Å². The van der Waals surface area contributed by atoms with Crippen molar-refractivity contribution in [2.75, 3.05) is 13.1 Å². The van der Waals surface area contributed by atoms with E-state index in [4.69, 9.17) is 11.6 Å². The smallest absolute Gasteiger partial charge is 0.348 e. The van der Waals surface area contributed by atoms with E-state index in [0.29, 0.717) is 15.5 Å². The molecule has 3 heterocycles. The number of carboxylic acids is 1. The Balaban J connectivity index is 1.90. The molecule has 0 aliphatic carbocycles. The van der Waals surface area contributed by atoms with Crippen molar-refractivity contribution in [1.82, 2.24) is 9.88 Å². The number of likely N-dealkylation sites (tertiary alicyclic amines) is 1. The SMILES string of the molecule is Cc1cc(-c2ccc(Cl)cc2)c2c(N=CN3CCCCC3)c(C(=O)O)sc2n1. The molecule has 0 bridgehead atoms. The third-order valence-corrected chi connectivity index (χ3v) is 6.17. The molecule has 2 aromatic heterocycles. The first kappa shape index (κ1) is 18.9. The summed E-state index contributed by atoms with van der Waals surface area (Å²) in [7, 11) is 0. The van der Waals surface area contributed by atoms with Crippen LogP contribution in [-0.4, -0.2) is 40.4 Å². The number of rotatable bonds is 4. The van der Waals surface area contributed by atoms with Gasteiger partial charge in [0.2, 0.25) is 0 Å². The van der Waals surface area contributed by atoms with E-state index in [0.717, 1.165) is 48.1 Å². The number of thiophene rings is 1. The zero-order valence-corrected chi connectivity index (χ0v) is 17.1. The maximum Gasteiger partial charge on any atom is 0.348 e. The number of aromatic nitrogens is 1. The maximum atomic E-state index is 11.9. The van der Waals surface area contributed by atoms with Gasteiger partial charge in [-0.25, -0.2) is 14.8 Å². The number of fused-ring (bicyclic) bond motifs is 1. The third kappa shape index (κ3) is 3.75. The monoisotopic (exact) mass is 413 g/mol. The zero-order valence-electron chi connectivity index (χ0n) is 15.5. The Labute approximate surface area is 172 Å². The van der Waals surface area contributed by atoms with Crippen molar-refractivity contribution in [2.45, 2.75) is 26.2 Å². The fraction of sp³-hybridized carbons (Fsp3) is 0.286. The minimum atomic E-state index is -0.978. The summed E-state index contributed by atoms with van der Waals surface area (Å²) < 4.78 is 0. The van der Waals surface area contributed by atoms with Crippen LogP contribution < -0.4 is 0 Å². The predicted octanol–water partition coefficient (Wildman–Crippen LogP) is 5.77. The Bertz CT molecular complexity index is 1050. The number of aromatic carboxylic acids is 1. The lowest BCUT2D eigenvalue weighted by Gasteiger charge is -2.23. The number of aliphatic imine (C=N–C) groups is 1. The fourth-order valence-electron chi connectivity index (χ4n) is 3.50. The summed E-state index contributed by atoms with van der Waals surface area (Å²) in [4.78, 5) is 24.2. The topological polar surface area (TPSA) is 65.8 Å². The second kappa shape index (κ2) is 7.89. The zero-order chi connectivity index (χ0) is 19.7. The van der Waals surface area contributed by atoms with Crippen LogP contribution in [0.5, 0.6) is 0 Å².